The second-order valence-corrected chi connectivity index (χ2v) is 7.01. The Labute approximate surface area is 183 Å². The Bertz CT molecular complexity index is 1200. The number of hydrogen-bond acceptors (Lipinski definition) is 5. The van der Waals surface area contributed by atoms with E-state index in [0.29, 0.717) is 29.3 Å². The van der Waals surface area contributed by atoms with E-state index in [1.807, 2.05) is 0 Å². The molecule has 1 fully saturated rings. The maximum absolute atomic E-state index is 13.1. The molecule has 0 atom stereocenters. The molecule has 2 heterocycles. The number of nitrogens with one attached hydrogen (secondary N) is 1. The number of nitrogens with zero attached hydrogens (tertiary/aromatic N) is 1. The van der Waals surface area contributed by atoms with E-state index in [2.05, 4.69) is 5.32 Å². The number of imide groups is 1. The van der Waals surface area contributed by atoms with Gasteiger partial charge in [0.05, 0.1) is 18.7 Å². The van der Waals surface area contributed by atoms with Crippen molar-refractivity contribution in [3.05, 3.63) is 89.1 Å². The zero-order valence-electron chi connectivity index (χ0n) is 17.1. The van der Waals surface area contributed by atoms with E-state index in [-0.39, 0.29) is 12.2 Å². The average molecular weight is 434 g/mol. The average Bonchev–Trinajstić information content (AvgIpc) is 3.36. The summed E-state index contributed by atoms with van der Waals surface area (Å²) in [6, 6.07) is 15.2. The van der Waals surface area contributed by atoms with Crippen molar-refractivity contribution in [3.8, 4) is 11.3 Å². The van der Waals surface area contributed by atoms with Crippen molar-refractivity contribution in [2.45, 2.75) is 13.5 Å². The molecule has 8 heteroatoms. The molecule has 4 rings (SSSR count). The summed E-state index contributed by atoms with van der Waals surface area (Å²) < 4.78 is 23.8. The van der Waals surface area contributed by atoms with Gasteiger partial charge in [-0.1, -0.05) is 24.3 Å². The van der Waals surface area contributed by atoms with Crippen LogP contribution in [0.25, 0.3) is 17.4 Å². The van der Waals surface area contributed by atoms with Crippen LogP contribution in [0.4, 0.5) is 9.18 Å². The first-order chi connectivity index (χ1) is 15.4. The van der Waals surface area contributed by atoms with E-state index in [4.69, 9.17) is 9.15 Å². The van der Waals surface area contributed by atoms with Gasteiger partial charge in [0.1, 0.15) is 23.0 Å². The van der Waals surface area contributed by atoms with Crippen LogP contribution in [0.15, 0.2) is 70.8 Å². The molecule has 0 saturated carbocycles. The number of ether oxygens (including phenoxy) is 1. The first-order valence-corrected chi connectivity index (χ1v) is 9.91. The van der Waals surface area contributed by atoms with Crippen LogP contribution < -0.4 is 5.32 Å². The number of carbonyl (C=O) groups is 3. The molecule has 0 aliphatic carbocycles. The molecule has 0 spiro atoms. The number of furan rings is 1. The maximum atomic E-state index is 13.1. The number of halogens is 1. The largest absolute Gasteiger partial charge is 0.462 e. The number of rotatable bonds is 6. The standard InChI is InChI=1S/C24H19FN2O5/c1-2-31-23(29)17-7-5-16(6-8-17)21-12-11-19(32-21)13-20-22(28)27(24(30)26-20)14-15-3-9-18(25)10-4-15/h3-13H,2,14H2,1H3,(H,26,30)/b20-13-. The van der Waals surface area contributed by atoms with Crippen molar-refractivity contribution in [2.24, 2.45) is 0 Å². The van der Waals surface area contributed by atoms with E-state index in [1.165, 1.54) is 30.3 Å². The predicted octanol–water partition coefficient (Wildman–Crippen LogP) is 4.36. The summed E-state index contributed by atoms with van der Waals surface area (Å²) in [5.41, 5.74) is 1.88. The van der Waals surface area contributed by atoms with Gasteiger partial charge in [-0.2, -0.15) is 0 Å². The van der Waals surface area contributed by atoms with Crippen molar-refractivity contribution >= 4 is 24.0 Å². The van der Waals surface area contributed by atoms with Gasteiger partial charge in [-0.25, -0.2) is 14.0 Å². The Balaban J connectivity index is 1.48. The van der Waals surface area contributed by atoms with Gasteiger partial charge < -0.3 is 14.5 Å². The molecular formula is C24H19FN2O5. The van der Waals surface area contributed by atoms with Crippen LogP contribution in [0.5, 0.6) is 0 Å². The van der Waals surface area contributed by atoms with E-state index in [0.717, 1.165) is 10.5 Å². The third-order valence-electron chi connectivity index (χ3n) is 4.81. The van der Waals surface area contributed by atoms with Crippen molar-refractivity contribution in [1.29, 1.82) is 0 Å². The monoisotopic (exact) mass is 434 g/mol. The molecule has 3 aromatic rings. The third-order valence-corrected chi connectivity index (χ3v) is 4.81. The van der Waals surface area contributed by atoms with Crippen LogP contribution in [-0.2, 0) is 16.1 Å². The summed E-state index contributed by atoms with van der Waals surface area (Å²) in [6.07, 6.45) is 1.45. The molecule has 162 valence electrons. The molecule has 0 radical (unpaired) electrons. The minimum Gasteiger partial charge on any atom is -0.462 e. The van der Waals surface area contributed by atoms with Gasteiger partial charge in [0.2, 0.25) is 0 Å². The van der Waals surface area contributed by atoms with Gasteiger partial charge >= 0.3 is 12.0 Å². The van der Waals surface area contributed by atoms with Crippen LogP contribution in [0, 0.1) is 5.82 Å². The number of urea groups is 1. The van der Waals surface area contributed by atoms with Crippen molar-refractivity contribution in [3.63, 3.8) is 0 Å². The fraction of sp³-hybridized carbons (Fsp3) is 0.125. The number of hydrogen-bond donors (Lipinski definition) is 1. The summed E-state index contributed by atoms with van der Waals surface area (Å²) >= 11 is 0. The maximum Gasteiger partial charge on any atom is 0.338 e. The summed E-state index contributed by atoms with van der Waals surface area (Å²) in [7, 11) is 0. The highest BCUT2D eigenvalue weighted by Gasteiger charge is 2.33. The quantitative estimate of drug-likeness (QED) is 0.354. The molecule has 1 aliphatic heterocycles. The lowest BCUT2D eigenvalue weighted by Crippen LogP contribution is -2.30. The van der Waals surface area contributed by atoms with Gasteiger partial charge in [0.15, 0.2) is 0 Å². The van der Waals surface area contributed by atoms with Crippen LogP contribution in [0.1, 0.15) is 28.6 Å². The smallest absolute Gasteiger partial charge is 0.338 e. The number of benzene rings is 2. The lowest BCUT2D eigenvalue weighted by molar-refractivity contribution is -0.123. The molecule has 1 aromatic heterocycles. The van der Waals surface area contributed by atoms with E-state index < -0.39 is 23.7 Å². The van der Waals surface area contributed by atoms with Gasteiger partial charge in [-0.05, 0) is 48.9 Å². The number of esters is 1. The van der Waals surface area contributed by atoms with E-state index in [9.17, 15) is 18.8 Å². The molecular weight excluding hydrogens is 415 g/mol. The minimum absolute atomic E-state index is 0.0263. The molecule has 32 heavy (non-hydrogen) atoms. The first-order valence-electron chi connectivity index (χ1n) is 9.91. The SMILES string of the molecule is CCOC(=O)c1ccc(-c2ccc(/C=C3\NC(=O)N(Cc4ccc(F)cc4)C3=O)o2)cc1. The highest BCUT2D eigenvalue weighted by molar-refractivity contribution is 6.13. The number of amides is 3. The third kappa shape index (κ3) is 4.44. The van der Waals surface area contributed by atoms with Crippen molar-refractivity contribution in [1.82, 2.24) is 10.2 Å². The molecule has 0 unspecified atom stereocenters. The normalized spacial score (nSPS) is 14.7. The minimum atomic E-state index is -0.563. The molecule has 1 saturated heterocycles. The zero-order chi connectivity index (χ0) is 22.7. The van der Waals surface area contributed by atoms with Crippen molar-refractivity contribution < 1.29 is 27.9 Å². The molecule has 1 N–H and O–H groups in total. The lowest BCUT2D eigenvalue weighted by atomic mass is 10.1. The Morgan fingerprint density at radius 3 is 2.47 bits per heavy atom. The van der Waals surface area contributed by atoms with Gasteiger partial charge in [0, 0.05) is 11.6 Å². The van der Waals surface area contributed by atoms with Crippen LogP contribution in [0.2, 0.25) is 0 Å². The van der Waals surface area contributed by atoms with Gasteiger partial charge in [-0.15, -0.1) is 0 Å². The fourth-order valence-corrected chi connectivity index (χ4v) is 3.20. The Morgan fingerprint density at radius 2 is 1.78 bits per heavy atom. The Kier molecular flexibility index (Phi) is 5.85. The Hall–Kier alpha value is -4.20. The topological polar surface area (TPSA) is 88.9 Å². The highest BCUT2D eigenvalue weighted by atomic mass is 19.1. The molecule has 3 amide bonds. The van der Waals surface area contributed by atoms with Gasteiger partial charge in [0.25, 0.3) is 5.91 Å². The lowest BCUT2D eigenvalue weighted by Gasteiger charge is -2.11. The zero-order valence-corrected chi connectivity index (χ0v) is 17.1. The summed E-state index contributed by atoms with van der Waals surface area (Å²) in [6.45, 7) is 2.07. The summed E-state index contributed by atoms with van der Waals surface area (Å²) in [5, 5.41) is 2.53. The second kappa shape index (κ2) is 8.89. The predicted molar refractivity (Wildman–Crippen MR) is 114 cm³/mol. The van der Waals surface area contributed by atoms with Crippen LogP contribution in [-0.4, -0.2) is 29.4 Å². The molecule has 1 aliphatic rings. The Morgan fingerprint density at radius 1 is 1.06 bits per heavy atom. The second-order valence-electron chi connectivity index (χ2n) is 7.01. The molecule has 0 bridgehead atoms. The highest BCUT2D eigenvalue weighted by Crippen LogP contribution is 2.25. The van der Waals surface area contributed by atoms with Crippen LogP contribution >= 0.6 is 0 Å². The van der Waals surface area contributed by atoms with E-state index >= 15 is 0 Å². The fourth-order valence-electron chi connectivity index (χ4n) is 3.20. The van der Waals surface area contributed by atoms with Crippen molar-refractivity contribution in [2.75, 3.05) is 6.61 Å². The summed E-state index contributed by atoms with van der Waals surface area (Å²) in [5.74, 6) is -0.384. The van der Waals surface area contributed by atoms with Gasteiger partial charge in [-0.3, -0.25) is 9.69 Å². The first kappa shape index (κ1) is 21.0. The molecule has 7 nitrogen and oxygen atoms in total. The molecule has 2 aromatic carbocycles. The van der Waals surface area contributed by atoms with E-state index in [1.54, 1.807) is 43.3 Å². The summed E-state index contributed by atoms with van der Waals surface area (Å²) in [4.78, 5) is 37.7. The number of carbonyl (C=O) groups excluding carboxylic acids is 3. The van der Waals surface area contributed by atoms with Crippen LogP contribution in [0.3, 0.4) is 0 Å².